The first-order valence-electron chi connectivity index (χ1n) is 7.61. The van der Waals surface area contributed by atoms with Crippen molar-refractivity contribution in [3.05, 3.63) is 37.6 Å². The van der Waals surface area contributed by atoms with Crippen molar-refractivity contribution in [1.82, 2.24) is 9.55 Å². The molecule has 0 aromatic carbocycles. The van der Waals surface area contributed by atoms with Gasteiger partial charge in [0.1, 0.15) is 18.9 Å². The van der Waals surface area contributed by atoms with Gasteiger partial charge in [0.2, 0.25) is 0 Å². The molecule has 25 heavy (non-hydrogen) atoms. The van der Waals surface area contributed by atoms with Crippen LogP contribution in [0.2, 0.25) is 0 Å². The average molecular weight is 419 g/mol. The normalized spacial score (nSPS) is 23.3. The molecular formula is C15H19BrN2O7. The van der Waals surface area contributed by atoms with Crippen molar-refractivity contribution in [3.63, 3.8) is 0 Å². The summed E-state index contributed by atoms with van der Waals surface area (Å²) in [6, 6.07) is 0. The van der Waals surface area contributed by atoms with Crippen LogP contribution >= 0.6 is 15.9 Å². The summed E-state index contributed by atoms with van der Waals surface area (Å²) in [4.78, 5) is 38.7. The molecule has 1 aliphatic heterocycles. The van der Waals surface area contributed by atoms with E-state index in [4.69, 9.17) is 14.2 Å². The van der Waals surface area contributed by atoms with Crippen LogP contribution in [0.15, 0.2) is 20.8 Å². The lowest BCUT2D eigenvalue weighted by molar-refractivity contribution is -0.0615. The number of aromatic nitrogens is 2. The van der Waals surface area contributed by atoms with Crippen molar-refractivity contribution in [2.75, 3.05) is 6.61 Å². The van der Waals surface area contributed by atoms with Gasteiger partial charge in [0.25, 0.3) is 5.56 Å². The molecule has 0 spiro atoms. The number of ether oxygens (including phenoxy) is 3. The number of carbonyl (C=O) groups is 1. The molecule has 1 aromatic rings. The molecular weight excluding hydrogens is 400 g/mol. The van der Waals surface area contributed by atoms with Crippen molar-refractivity contribution in [3.8, 4) is 0 Å². The Kier molecular flexibility index (Phi) is 6.57. The quantitative estimate of drug-likeness (QED) is 0.687. The predicted octanol–water partition coefficient (Wildman–Crippen LogP) is 1.11. The van der Waals surface area contributed by atoms with Crippen LogP contribution in [-0.4, -0.2) is 45.7 Å². The molecule has 138 valence electrons. The molecule has 0 radical (unpaired) electrons. The third-order valence-electron chi connectivity index (χ3n) is 3.45. The molecule has 1 aromatic heterocycles. The Labute approximate surface area is 151 Å². The molecule has 0 aliphatic carbocycles. The second kappa shape index (κ2) is 8.45. The zero-order valence-corrected chi connectivity index (χ0v) is 15.3. The van der Waals surface area contributed by atoms with E-state index in [-0.39, 0.29) is 24.7 Å². The fourth-order valence-corrected chi connectivity index (χ4v) is 2.60. The van der Waals surface area contributed by atoms with E-state index in [1.165, 1.54) is 21.8 Å². The van der Waals surface area contributed by atoms with Crippen LogP contribution in [0.4, 0.5) is 4.79 Å². The van der Waals surface area contributed by atoms with E-state index in [2.05, 4.69) is 20.9 Å². The van der Waals surface area contributed by atoms with Gasteiger partial charge >= 0.3 is 11.8 Å². The standard InChI is InChI=1S/C15H19BrN2O7/c1-8(2)24-15(22)23-7-11-10(19)5-12(25-11)18-6-9(3-4-16)13(20)17-14(18)21/h3-4,6,8,10-12,19H,5,7H2,1-2H3,(H,17,20,21)/t10?,11-,12-/m0/s1. The molecule has 1 fully saturated rings. The topological polar surface area (TPSA) is 120 Å². The first-order chi connectivity index (χ1) is 11.8. The molecule has 3 atom stereocenters. The fourth-order valence-electron chi connectivity index (χ4n) is 2.31. The number of carbonyl (C=O) groups excluding carboxylic acids is 1. The highest BCUT2D eigenvalue weighted by atomic mass is 79.9. The smallest absolute Gasteiger partial charge is 0.432 e. The van der Waals surface area contributed by atoms with Gasteiger partial charge in [0.15, 0.2) is 0 Å². The van der Waals surface area contributed by atoms with Crippen molar-refractivity contribution in [1.29, 1.82) is 0 Å². The summed E-state index contributed by atoms with van der Waals surface area (Å²) in [6.45, 7) is 3.15. The molecule has 1 aliphatic rings. The molecule has 1 saturated heterocycles. The van der Waals surface area contributed by atoms with Crippen LogP contribution in [0.25, 0.3) is 6.08 Å². The molecule has 1 unspecified atom stereocenters. The molecule has 2 N–H and O–H groups in total. The van der Waals surface area contributed by atoms with Crippen LogP contribution in [0, 0.1) is 0 Å². The van der Waals surface area contributed by atoms with Gasteiger partial charge in [-0.1, -0.05) is 15.9 Å². The van der Waals surface area contributed by atoms with Crippen LogP contribution in [-0.2, 0) is 14.2 Å². The highest BCUT2D eigenvalue weighted by molar-refractivity contribution is 9.11. The summed E-state index contributed by atoms with van der Waals surface area (Å²) >= 11 is 3.06. The van der Waals surface area contributed by atoms with E-state index in [0.29, 0.717) is 0 Å². The van der Waals surface area contributed by atoms with Gasteiger partial charge in [-0.25, -0.2) is 9.59 Å². The van der Waals surface area contributed by atoms with Gasteiger partial charge < -0.3 is 19.3 Å². The molecule has 0 bridgehead atoms. The lowest BCUT2D eigenvalue weighted by Gasteiger charge is -2.16. The van der Waals surface area contributed by atoms with Gasteiger partial charge in [-0.3, -0.25) is 14.3 Å². The Morgan fingerprint density at radius 1 is 1.56 bits per heavy atom. The maximum absolute atomic E-state index is 12.0. The van der Waals surface area contributed by atoms with E-state index >= 15 is 0 Å². The lowest BCUT2D eigenvalue weighted by Crippen LogP contribution is -2.33. The zero-order valence-electron chi connectivity index (χ0n) is 13.7. The summed E-state index contributed by atoms with van der Waals surface area (Å²) in [5.41, 5.74) is -0.948. The summed E-state index contributed by atoms with van der Waals surface area (Å²) in [5.74, 6) is 0. The Morgan fingerprint density at radius 2 is 2.28 bits per heavy atom. The number of nitrogens with zero attached hydrogens (tertiary/aromatic N) is 1. The Bertz CT molecular complexity index is 755. The highest BCUT2D eigenvalue weighted by Gasteiger charge is 2.36. The predicted molar refractivity (Wildman–Crippen MR) is 91.4 cm³/mol. The minimum atomic E-state index is -0.939. The molecule has 2 heterocycles. The Morgan fingerprint density at radius 3 is 2.92 bits per heavy atom. The first kappa shape index (κ1) is 19.4. The number of hydrogen-bond acceptors (Lipinski definition) is 7. The molecule has 9 nitrogen and oxygen atoms in total. The van der Waals surface area contributed by atoms with Gasteiger partial charge in [0.05, 0.1) is 17.8 Å². The third kappa shape index (κ3) is 5.03. The number of rotatable bonds is 5. The van der Waals surface area contributed by atoms with Crippen LogP contribution in [0.3, 0.4) is 0 Å². The van der Waals surface area contributed by atoms with Crippen LogP contribution in [0.1, 0.15) is 32.1 Å². The van der Waals surface area contributed by atoms with Gasteiger partial charge in [-0.15, -0.1) is 0 Å². The van der Waals surface area contributed by atoms with E-state index in [1.54, 1.807) is 13.8 Å². The van der Waals surface area contributed by atoms with Gasteiger partial charge in [-0.2, -0.15) is 0 Å². The summed E-state index contributed by atoms with van der Waals surface area (Å²) in [7, 11) is 0. The summed E-state index contributed by atoms with van der Waals surface area (Å²) in [5, 5.41) is 10.1. The van der Waals surface area contributed by atoms with Crippen LogP contribution < -0.4 is 11.2 Å². The number of nitrogens with one attached hydrogen (secondary N) is 1. The monoisotopic (exact) mass is 418 g/mol. The van der Waals surface area contributed by atoms with Crippen molar-refractivity contribution in [2.45, 2.75) is 44.8 Å². The van der Waals surface area contributed by atoms with Crippen LogP contribution in [0.5, 0.6) is 0 Å². The second-order valence-corrected chi connectivity index (χ2v) is 6.23. The number of H-pyrrole nitrogens is 1. The molecule has 2 rings (SSSR count). The maximum Gasteiger partial charge on any atom is 0.508 e. The average Bonchev–Trinajstić information content (AvgIpc) is 2.88. The van der Waals surface area contributed by atoms with E-state index in [1.807, 2.05) is 0 Å². The number of aliphatic hydroxyl groups excluding tert-OH is 1. The minimum Gasteiger partial charge on any atom is -0.432 e. The largest absolute Gasteiger partial charge is 0.508 e. The van der Waals surface area contributed by atoms with E-state index in [9.17, 15) is 19.5 Å². The number of hydrogen-bond donors (Lipinski definition) is 2. The number of aromatic amines is 1. The summed E-state index contributed by atoms with van der Waals surface area (Å²) < 4.78 is 16.5. The molecule has 10 heteroatoms. The lowest BCUT2D eigenvalue weighted by atomic mass is 10.2. The molecule has 0 amide bonds. The van der Waals surface area contributed by atoms with E-state index < -0.39 is 35.8 Å². The molecule has 0 saturated carbocycles. The minimum absolute atomic E-state index is 0.108. The highest BCUT2D eigenvalue weighted by Crippen LogP contribution is 2.28. The van der Waals surface area contributed by atoms with Crippen molar-refractivity contribution < 1.29 is 24.1 Å². The number of aliphatic hydroxyl groups is 1. The first-order valence-corrected chi connectivity index (χ1v) is 8.52. The summed E-state index contributed by atoms with van der Waals surface area (Å²) in [6.07, 6.45) is -0.803. The van der Waals surface area contributed by atoms with Crippen molar-refractivity contribution >= 4 is 28.2 Å². The second-order valence-electron chi connectivity index (χ2n) is 5.70. The number of halogens is 1. The zero-order chi connectivity index (χ0) is 18.6. The SMILES string of the molecule is CC(C)OC(=O)OC[C@@H]1O[C@H](n2cc(C=CBr)c(=O)[nH]c2=O)CC1O. The Hall–Kier alpha value is -1.91. The van der Waals surface area contributed by atoms with E-state index in [0.717, 1.165) is 0 Å². The van der Waals surface area contributed by atoms with Gasteiger partial charge in [-0.05, 0) is 24.9 Å². The third-order valence-corrected chi connectivity index (χ3v) is 3.71. The Balaban J connectivity index is 2.08. The fraction of sp³-hybridized carbons (Fsp3) is 0.533. The van der Waals surface area contributed by atoms with Gasteiger partial charge in [0, 0.05) is 12.6 Å². The van der Waals surface area contributed by atoms with Crippen molar-refractivity contribution in [2.24, 2.45) is 0 Å². The maximum atomic E-state index is 12.0.